The Hall–Kier alpha value is -1.65. The third-order valence-corrected chi connectivity index (χ3v) is 2.07. The third-order valence-electron chi connectivity index (χ3n) is 2.07. The standard InChI is InChI=1S/C10H13FN2O2/c1-7(10(14)15)6-13(2)9-8(11)4-3-5-12-9/h3-5,7H,6H2,1-2H3,(H,14,15). The molecular formula is C10H13FN2O2. The third kappa shape index (κ3) is 2.90. The molecule has 1 aromatic rings. The summed E-state index contributed by atoms with van der Waals surface area (Å²) in [5.74, 6) is -1.74. The summed E-state index contributed by atoms with van der Waals surface area (Å²) in [7, 11) is 1.62. The summed E-state index contributed by atoms with van der Waals surface area (Å²) >= 11 is 0. The van der Waals surface area contributed by atoms with Gasteiger partial charge in [0.2, 0.25) is 0 Å². The molecule has 0 saturated carbocycles. The van der Waals surface area contributed by atoms with E-state index in [0.29, 0.717) is 0 Å². The Balaban J connectivity index is 2.73. The van der Waals surface area contributed by atoms with Crippen LogP contribution in [0, 0.1) is 11.7 Å². The minimum atomic E-state index is -0.904. The Morgan fingerprint density at radius 3 is 2.93 bits per heavy atom. The molecule has 0 spiro atoms. The predicted molar refractivity (Wildman–Crippen MR) is 54.3 cm³/mol. The van der Waals surface area contributed by atoms with Gasteiger partial charge in [-0.15, -0.1) is 0 Å². The molecule has 1 atom stereocenters. The smallest absolute Gasteiger partial charge is 0.308 e. The van der Waals surface area contributed by atoms with E-state index < -0.39 is 17.7 Å². The molecule has 0 aliphatic heterocycles. The lowest BCUT2D eigenvalue weighted by molar-refractivity contribution is -0.140. The Kier molecular flexibility index (Phi) is 3.60. The molecule has 0 saturated heterocycles. The normalized spacial score (nSPS) is 12.2. The van der Waals surface area contributed by atoms with Gasteiger partial charge in [0, 0.05) is 19.8 Å². The van der Waals surface area contributed by atoms with Gasteiger partial charge in [-0.05, 0) is 12.1 Å². The van der Waals surface area contributed by atoms with Gasteiger partial charge in [0.05, 0.1) is 5.92 Å². The highest BCUT2D eigenvalue weighted by Crippen LogP contribution is 2.14. The highest BCUT2D eigenvalue weighted by molar-refractivity contribution is 5.70. The first-order valence-corrected chi connectivity index (χ1v) is 4.57. The molecule has 5 heteroatoms. The molecule has 1 rings (SSSR count). The molecule has 0 radical (unpaired) electrons. The van der Waals surface area contributed by atoms with E-state index in [4.69, 9.17) is 5.11 Å². The van der Waals surface area contributed by atoms with Crippen LogP contribution < -0.4 is 4.90 Å². The summed E-state index contributed by atoms with van der Waals surface area (Å²) in [6, 6.07) is 2.79. The van der Waals surface area contributed by atoms with Gasteiger partial charge in [-0.2, -0.15) is 0 Å². The quantitative estimate of drug-likeness (QED) is 0.819. The molecule has 0 aliphatic carbocycles. The van der Waals surface area contributed by atoms with E-state index >= 15 is 0 Å². The van der Waals surface area contributed by atoms with Gasteiger partial charge in [-0.3, -0.25) is 4.79 Å². The molecule has 0 fully saturated rings. The number of hydrogen-bond acceptors (Lipinski definition) is 3. The zero-order chi connectivity index (χ0) is 11.4. The maximum Gasteiger partial charge on any atom is 0.308 e. The molecule has 0 aromatic carbocycles. The minimum Gasteiger partial charge on any atom is -0.481 e. The maximum absolute atomic E-state index is 13.2. The van der Waals surface area contributed by atoms with E-state index in [-0.39, 0.29) is 12.4 Å². The first kappa shape index (κ1) is 11.4. The lowest BCUT2D eigenvalue weighted by Gasteiger charge is -2.20. The van der Waals surface area contributed by atoms with Crippen molar-refractivity contribution in [3.63, 3.8) is 0 Å². The predicted octanol–water partition coefficient (Wildman–Crippen LogP) is 1.38. The second kappa shape index (κ2) is 4.72. The molecule has 1 heterocycles. The highest BCUT2D eigenvalue weighted by Gasteiger charge is 2.16. The number of nitrogens with zero attached hydrogens (tertiary/aromatic N) is 2. The van der Waals surface area contributed by atoms with Crippen LogP contribution in [0.5, 0.6) is 0 Å². The van der Waals surface area contributed by atoms with Crippen LogP contribution in [0.2, 0.25) is 0 Å². The van der Waals surface area contributed by atoms with Gasteiger partial charge in [-0.25, -0.2) is 9.37 Å². The van der Waals surface area contributed by atoms with E-state index in [9.17, 15) is 9.18 Å². The molecular weight excluding hydrogens is 199 g/mol. The second-order valence-electron chi connectivity index (χ2n) is 3.43. The average Bonchev–Trinajstić information content (AvgIpc) is 2.18. The molecule has 1 unspecified atom stereocenters. The number of hydrogen-bond donors (Lipinski definition) is 1. The zero-order valence-corrected chi connectivity index (χ0v) is 8.64. The fraction of sp³-hybridized carbons (Fsp3) is 0.400. The Bertz CT molecular complexity index is 357. The molecule has 0 aliphatic rings. The van der Waals surface area contributed by atoms with Crippen molar-refractivity contribution in [3.8, 4) is 0 Å². The van der Waals surface area contributed by atoms with Crippen molar-refractivity contribution in [3.05, 3.63) is 24.1 Å². The number of carbonyl (C=O) groups is 1. The number of halogens is 1. The summed E-state index contributed by atoms with van der Waals surface area (Å²) in [4.78, 5) is 16.0. The fourth-order valence-electron chi connectivity index (χ4n) is 1.23. The van der Waals surface area contributed by atoms with Crippen molar-refractivity contribution < 1.29 is 14.3 Å². The van der Waals surface area contributed by atoms with Gasteiger partial charge < -0.3 is 10.0 Å². The summed E-state index contributed by atoms with van der Waals surface area (Å²) < 4.78 is 13.2. The topological polar surface area (TPSA) is 53.4 Å². The van der Waals surface area contributed by atoms with Crippen LogP contribution in [0.15, 0.2) is 18.3 Å². The van der Waals surface area contributed by atoms with E-state index in [1.807, 2.05) is 0 Å². The Morgan fingerprint density at radius 1 is 1.73 bits per heavy atom. The van der Waals surface area contributed by atoms with E-state index in [1.165, 1.54) is 23.2 Å². The van der Waals surface area contributed by atoms with Crippen LogP contribution in [-0.4, -0.2) is 29.7 Å². The van der Waals surface area contributed by atoms with Crippen LogP contribution in [0.25, 0.3) is 0 Å². The van der Waals surface area contributed by atoms with Crippen molar-refractivity contribution >= 4 is 11.8 Å². The number of anilines is 1. The van der Waals surface area contributed by atoms with Gasteiger partial charge in [0.1, 0.15) is 0 Å². The largest absolute Gasteiger partial charge is 0.481 e. The maximum atomic E-state index is 13.2. The number of rotatable bonds is 4. The van der Waals surface area contributed by atoms with Crippen molar-refractivity contribution in [1.82, 2.24) is 4.98 Å². The molecule has 0 amide bonds. The molecule has 1 N–H and O–H groups in total. The van der Waals surface area contributed by atoms with E-state index in [2.05, 4.69) is 4.98 Å². The molecule has 82 valence electrons. The van der Waals surface area contributed by atoms with Gasteiger partial charge >= 0.3 is 5.97 Å². The number of pyridine rings is 1. The molecule has 1 aromatic heterocycles. The van der Waals surface area contributed by atoms with Crippen LogP contribution in [-0.2, 0) is 4.79 Å². The van der Waals surface area contributed by atoms with Crippen molar-refractivity contribution in [2.24, 2.45) is 5.92 Å². The second-order valence-corrected chi connectivity index (χ2v) is 3.43. The fourth-order valence-corrected chi connectivity index (χ4v) is 1.23. The Labute approximate surface area is 87.4 Å². The first-order valence-electron chi connectivity index (χ1n) is 4.57. The lowest BCUT2D eigenvalue weighted by Crippen LogP contribution is -2.29. The first-order chi connectivity index (χ1) is 7.02. The SMILES string of the molecule is CC(CN(C)c1ncccc1F)C(=O)O. The van der Waals surface area contributed by atoms with Crippen LogP contribution in [0.3, 0.4) is 0 Å². The van der Waals surface area contributed by atoms with Gasteiger partial charge in [-0.1, -0.05) is 6.92 Å². The molecule has 4 nitrogen and oxygen atoms in total. The number of carboxylic acids is 1. The van der Waals surface area contributed by atoms with Crippen LogP contribution in [0.4, 0.5) is 10.2 Å². The van der Waals surface area contributed by atoms with Crippen LogP contribution in [0.1, 0.15) is 6.92 Å². The van der Waals surface area contributed by atoms with E-state index in [1.54, 1.807) is 14.0 Å². The van der Waals surface area contributed by atoms with Crippen molar-refractivity contribution in [2.75, 3.05) is 18.5 Å². The summed E-state index contributed by atoms with van der Waals surface area (Å²) in [6.07, 6.45) is 1.47. The van der Waals surface area contributed by atoms with E-state index in [0.717, 1.165) is 0 Å². The molecule has 0 bridgehead atoms. The average molecular weight is 212 g/mol. The molecule has 15 heavy (non-hydrogen) atoms. The van der Waals surface area contributed by atoms with Gasteiger partial charge in [0.15, 0.2) is 11.6 Å². The lowest BCUT2D eigenvalue weighted by atomic mass is 10.2. The Morgan fingerprint density at radius 2 is 2.40 bits per heavy atom. The van der Waals surface area contributed by atoms with Crippen molar-refractivity contribution in [1.29, 1.82) is 0 Å². The van der Waals surface area contributed by atoms with Crippen molar-refractivity contribution in [2.45, 2.75) is 6.92 Å². The minimum absolute atomic E-state index is 0.172. The highest BCUT2D eigenvalue weighted by atomic mass is 19.1. The zero-order valence-electron chi connectivity index (χ0n) is 8.64. The summed E-state index contributed by atoms with van der Waals surface area (Å²) in [6.45, 7) is 1.79. The van der Waals surface area contributed by atoms with Gasteiger partial charge in [0.25, 0.3) is 0 Å². The summed E-state index contributed by atoms with van der Waals surface area (Å²) in [5, 5.41) is 8.71. The summed E-state index contributed by atoms with van der Waals surface area (Å²) in [5.41, 5.74) is 0. The number of carboxylic acid groups (broad SMARTS) is 1. The number of aliphatic carboxylic acids is 1. The monoisotopic (exact) mass is 212 g/mol. The van der Waals surface area contributed by atoms with Crippen LogP contribution >= 0.6 is 0 Å². The number of aromatic nitrogens is 1.